The Morgan fingerprint density at radius 2 is 1.52 bits per heavy atom. The molecule has 2 aliphatic rings. The number of anilines is 3. The van der Waals surface area contributed by atoms with Crippen molar-refractivity contribution in [1.29, 1.82) is 0 Å². The lowest BCUT2D eigenvalue weighted by Gasteiger charge is -2.35. The first-order valence-electron chi connectivity index (χ1n) is 16.1. The molecule has 1 saturated carbocycles. The molecule has 1 atom stereocenters. The number of piperidine rings is 1. The van der Waals surface area contributed by atoms with Crippen LogP contribution in [0.4, 0.5) is 56.8 Å². The average molecular weight is 792 g/mol. The molecule has 1 saturated heterocycles. The molecule has 2 amide bonds. The van der Waals surface area contributed by atoms with Crippen molar-refractivity contribution in [2.45, 2.75) is 75.7 Å². The summed E-state index contributed by atoms with van der Waals surface area (Å²) in [6, 6.07) is 5.17. The molecule has 1 aliphatic heterocycles. The minimum atomic E-state index is -5.18. The van der Waals surface area contributed by atoms with Gasteiger partial charge in [-0.25, -0.2) is 4.98 Å². The van der Waals surface area contributed by atoms with Crippen LogP contribution in [-0.2, 0) is 18.4 Å². The van der Waals surface area contributed by atoms with Crippen LogP contribution in [-0.4, -0.2) is 70.2 Å². The maximum Gasteiger partial charge on any atom is 0.423 e. The van der Waals surface area contributed by atoms with Gasteiger partial charge in [0.25, 0.3) is 11.8 Å². The second-order valence-corrected chi connectivity index (χ2v) is 13.7. The summed E-state index contributed by atoms with van der Waals surface area (Å²) in [6.07, 6.45) is -17.7. The Morgan fingerprint density at radius 3 is 2.10 bits per heavy atom. The Labute approximate surface area is 300 Å². The lowest BCUT2D eigenvalue weighted by Crippen LogP contribution is -2.43. The molecule has 2 heterocycles. The van der Waals surface area contributed by atoms with Crippen molar-refractivity contribution in [1.82, 2.24) is 20.2 Å². The fraction of sp³-hybridized carbons (Fsp3) is 0.531. The Bertz CT molecular complexity index is 1800. The van der Waals surface area contributed by atoms with Crippen LogP contribution in [0.2, 0.25) is 10.0 Å². The standard InChI is InChI=1S/C32H33Cl2F9N6O3/c1-48-23-13-22(49-10-8-17(9-11-49)31(38,39)40)19(27(51)45-18-5-3-16(4-6-18)30(35,36)37)12-21(23)46-29(48)47-25-20(33)7-2-15(24(25)34)14-44-28(52)26(50)32(41,42)43/h2,7,12-13,16-18,26,50H,3-6,8-11,14H2,1H3,(H,44,52)(H,45,51)(H,46,47). The van der Waals surface area contributed by atoms with E-state index in [-0.39, 0.29) is 89.9 Å². The highest BCUT2D eigenvalue weighted by atomic mass is 35.5. The van der Waals surface area contributed by atoms with E-state index in [1.54, 1.807) is 22.6 Å². The summed E-state index contributed by atoms with van der Waals surface area (Å²) in [6.45, 7) is -0.557. The van der Waals surface area contributed by atoms with Crippen molar-refractivity contribution in [3.8, 4) is 0 Å². The van der Waals surface area contributed by atoms with Gasteiger partial charge >= 0.3 is 18.5 Å². The van der Waals surface area contributed by atoms with Gasteiger partial charge in [0.05, 0.1) is 49.9 Å². The first-order valence-corrected chi connectivity index (χ1v) is 16.9. The van der Waals surface area contributed by atoms with Gasteiger partial charge in [0, 0.05) is 32.7 Å². The lowest BCUT2D eigenvalue weighted by molar-refractivity contribution is -0.205. The van der Waals surface area contributed by atoms with Gasteiger partial charge in [0.1, 0.15) is 0 Å². The molecule has 4 N–H and O–H groups in total. The van der Waals surface area contributed by atoms with E-state index in [9.17, 15) is 54.2 Å². The van der Waals surface area contributed by atoms with E-state index >= 15 is 0 Å². The van der Waals surface area contributed by atoms with Crippen LogP contribution in [0.15, 0.2) is 24.3 Å². The van der Waals surface area contributed by atoms with Crippen LogP contribution in [0, 0.1) is 11.8 Å². The second-order valence-electron chi connectivity index (χ2n) is 12.9. The highest BCUT2D eigenvalue weighted by Crippen LogP contribution is 2.41. The first kappa shape index (κ1) is 39.6. The Hall–Kier alpha value is -3.64. The van der Waals surface area contributed by atoms with Gasteiger partial charge < -0.3 is 30.5 Å². The molecule has 2 fully saturated rings. The summed E-state index contributed by atoms with van der Waals surface area (Å²) in [4.78, 5) is 31.7. The minimum Gasteiger partial charge on any atom is -0.376 e. The van der Waals surface area contributed by atoms with Crippen LogP contribution in [0.25, 0.3) is 11.0 Å². The van der Waals surface area contributed by atoms with Crippen molar-refractivity contribution in [2.75, 3.05) is 23.3 Å². The SMILES string of the molecule is Cn1c(Nc2c(Cl)ccc(CNC(=O)C(O)C(F)(F)F)c2Cl)nc2cc(C(=O)NC3CCC(C(F)(F)F)CC3)c(N3CCC(C(F)(F)F)CC3)cc21. The van der Waals surface area contributed by atoms with Crippen LogP contribution in [0.3, 0.4) is 0 Å². The quantitative estimate of drug-likeness (QED) is 0.174. The molecule has 9 nitrogen and oxygen atoms in total. The molecule has 0 bridgehead atoms. The van der Waals surface area contributed by atoms with E-state index in [1.165, 1.54) is 18.2 Å². The number of fused-ring (bicyclic) bond motifs is 1. The molecule has 1 aromatic heterocycles. The van der Waals surface area contributed by atoms with Gasteiger partial charge in [0.2, 0.25) is 12.1 Å². The number of nitrogens with zero attached hydrogens (tertiary/aromatic N) is 3. The maximum atomic E-state index is 13.7. The Balaban J connectivity index is 1.43. The molecule has 20 heteroatoms. The fourth-order valence-electron chi connectivity index (χ4n) is 6.44. The number of benzene rings is 2. The Morgan fingerprint density at radius 1 is 0.923 bits per heavy atom. The number of alkyl halides is 9. The highest BCUT2D eigenvalue weighted by molar-refractivity contribution is 6.39. The van der Waals surface area contributed by atoms with Crippen molar-refractivity contribution in [3.63, 3.8) is 0 Å². The van der Waals surface area contributed by atoms with Crippen LogP contribution in [0.5, 0.6) is 0 Å². The van der Waals surface area contributed by atoms with Gasteiger partial charge in [-0.05, 0) is 62.3 Å². The van der Waals surface area contributed by atoms with Crippen LogP contribution in [0.1, 0.15) is 54.4 Å². The van der Waals surface area contributed by atoms with Crippen LogP contribution >= 0.6 is 23.2 Å². The first-order chi connectivity index (χ1) is 24.1. The van der Waals surface area contributed by atoms with E-state index < -0.39 is 60.9 Å². The third kappa shape index (κ3) is 8.76. The molecule has 1 aliphatic carbocycles. The fourth-order valence-corrected chi connectivity index (χ4v) is 6.98. The summed E-state index contributed by atoms with van der Waals surface area (Å²) in [5.41, 5.74) is 1.22. The van der Waals surface area contributed by atoms with Crippen molar-refractivity contribution >= 4 is 63.4 Å². The second kappa shape index (κ2) is 15.0. The summed E-state index contributed by atoms with van der Waals surface area (Å²) in [5.74, 6) is -5.20. The lowest BCUT2D eigenvalue weighted by atomic mass is 9.85. The van der Waals surface area contributed by atoms with E-state index in [1.807, 2.05) is 5.32 Å². The van der Waals surface area contributed by atoms with Crippen molar-refractivity contribution < 1.29 is 54.2 Å². The number of halogens is 11. The number of imidazole rings is 1. The smallest absolute Gasteiger partial charge is 0.376 e. The average Bonchev–Trinajstić information content (AvgIpc) is 3.37. The third-order valence-corrected chi connectivity index (χ3v) is 10.2. The molecule has 0 spiro atoms. The molecular weight excluding hydrogens is 758 g/mol. The van der Waals surface area contributed by atoms with Gasteiger partial charge in [-0.15, -0.1) is 0 Å². The van der Waals surface area contributed by atoms with Crippen molar-refractivity contribution in [3.05, 3.63) is 45.4 Å². The van der Waals surface area contributed by atoms with E-state index in [2.05, 4.69) is 15.6 Å². The number of amides is 2. The third-order valence-electron chi connectivity index (χ3n) is 9.49. The van der Waals surface area contributed by atoms with E-state index in [4.69, 9.17) is 23.2 Å². The number of rotatable bonds is 8. The number of aromatic nitrogens is 2. The van der Waals surface area contributed by atoms with E-state index in [0.29, 0.717) is 11.2 Å². The molecule has 286 valence electrons. The number of aliphatic hydroxyl groups is 1. The molecule has 2 aromatic carbocycles. The predicted molar refractivity (Wildman–Crippen MR) is 175 cm³/mol. The number of aryl methyl sites for hydroxylation is 1. The zero-order valence-corrected chi connectivity index (χ0v) is 28.8. The number of hydrogen-bond acceptors (Lipinski definition) is 6. The maximum absolute atomic E-state index is 13.7. The zero-order chi connectivity index (χ0) is 38.3. The van der Waals surface area contributed by atoms with Crippen molar-refractivity contribution in [2.24, 2.45) is 18.9 Å². The van der Waals surface area contributed by atoms with Gasteiger partial charge in [-0.3, -0.25) is 9.59 Å². The van der Waals surface area contributed by atoms with Gasteiger partial charge in [0.15, 0.2) is 0 Å². The van der Waals surface area contributed by atoms with Gasteiger partial charge in [-0.1, -0.05) is 29.3 Å². The van der Waals surface area contributed by atoms with Crippen LogP contribution < -0.4 is 20.9 Å². The molecule has 3 aromatic rings. The number of aliphatic hydroxyl groups excluding tert-OH is 1. The minimum absolute atomic E-state index is 0.0237. The molecule has 0 radical (unpaired) electrons. The number of hydrogen-bond donors (Lipinski definition) is 4. The zero-order valence-electron chi connectivity index (χ0n) is 27.2. The molecular formula is C32H33Cl2F9N6O3. The predicted octanol–water partition coefficient (Wildman–Crippen LogP) is 7.79. The number of nitrogens with one attached hydrogen (secondary N) is 3. The Kier molecular flexibility index (Phi) is 11.4. The molecule has 5 rings (SSSR count). The largest absolute Gasteiger partial charge is 0.423 e. The monoisotopic (exact) mass is 790 g/mol. The molecule has 1 unspecified atom stereocenters. The highest BCUT2D eigenvalue weighted by Gasteiger charge is 2.44. The van der Waals surface area contributed by atoms with Gasteiger partial charge in [-0.2, -0.15) is 39.5 Å². The summed E-state index contributed by atoms with van der Waals surface area (Å²) >= 11 is 12.9. The summed E-state index contributed by atoms with van der Waals surface area (Å²) in [5, 5.41) is 16.8. The number of carbonyl (C=O) groups is 2. The topological polar surface area (TPSA) is 112 Å². The normalized spacial score (nSPS) is 19.8. The molecule has 52 heavy (non-hydrogen) atoms. The van der Waals surface area contributed by atoms with E-state index in [0.717, 1.165) is 0 Å². The summed E-state index contributed by atoms with van der Waals surface area (Å²) < 4.78 is 120. The summed E-state index contributed by atoms with van der Waals surface area (Å²) in [7, 11) is 1.58. The number of carbonyl (C=O) groups excluding carboxylic acids is 2.